The Hall–Kier alpha value is -1.66. The Kier molecular flexibility index (Phi) is 45.7. The number of aliphatic hydroxyl groups excluding tert-OH is 2. The number of carbonyl (C=O) groups excluding carboxylic acids is 2. The lowest BCUT2D eigenvalue weighted by Crippen LogP contribution is -2.45. The molecular weight excluding hydrogens is 707 g/mol. The Balaban J connectivity index is 3.53. The molecule has 0 rings (SSSR count). The highest BCUT2D eigenvalue weighted by Crippen LogP contribution is 2.15. The summed E-state index contributed by atoms with van der Waals surface area (Å²) in [5, 5.41) is 23.0. The lowest BCUT2D eigenvalue weighted by molar-refractivity contribution is -0.143. The van der Waals surface area contributed by atoms with Gasteiger partial charge in [-0.2, -0.15) is 0 Å². The molecule has 2 unspecified atom stereocenters. The Bertz CT molecular complexity index is 889. The van der Waals surface area contributed by atoms with Crippen LogP contribution < -0.4 is 5.32 Å². The minimum atomic E-state index is -0.860. The van der Waals surface area contributed by atoms with E-state index in [1.54, 1.807) is 6.08 Å². The van der Waals surface area contributed by atoms with E-state index in [9.17, 15) is 19.8 Å². The van der Waals surface area contributed by atoms with Gasteiger partial charge in [0.2, 0.25) is 5.91 Å². The first kappa shape index (κ1) is 55.3. The second kappa shape index (κ2) is 47.0. The topological polar surface area (TPSA) is 95.9 Å². The van der Waals surface area contributed by atoms with E-state index in [4.69, 9.17) is 4.74 Å². The normalized spacial score (nSPS) is 12.8. The molecule has 336 valence electrons. The molecule has 0 heterocycles. The Morgan fingerprint density at radius 2 is 0.825 bits per heavy atom. The average Bonchev–Trinajstić information content (AvgIpc) is 3.21. The third-order valence-electron chi connectivity index (χ3n) is 11.5. The minimum absolute atomic E-state index is 0.0129. The average molecular weight is 804 g/mol. The van der Waals surface area contributed by atoms with Crippen LogP contribution in [0.4, 0.5) is 0 Å². The van der Waals surface area contributed by atoms with Gasteiger partial charge in [0, 0.05) is 12.8 Å². The molecule has 0 aliphatic heterocycles. The van der Waals surface area contributed by atoms with Crippen molar-refractivity contribution in [2.45, 2.75) is 276 Å². The van der Waals surface area contributed by atoms with Gasteiger partial charge in [-0.3, -0.25) is 9.59 Å². The third-order valence-corrected chi connectivity index (χ3v) is 11.5. The van der Waals surface area contributed by atoms with Crippen molar-refractivity contribution in [2.75, 3.05) is 13.2 Å². The first-order valence-corrected chi connectivity index (χ1v) is 25.1. The second-order valence-electron chi connectivity index (χ2n) is 17.1. The van der Waals surface area contributed by atoms with Crippen molar-refractivity contribution in [1.29, 1.82) is 0 Å². The molecule has 0 saturated carbocycles. The second-order valence-corrected chi connectivity index (χ2v) is 17.1. The molecule has 0 aromatic rings. The van der Waals surface area contributed by atoms with Gasteiger partial charge in [-0.15, -0.1) is 0 Å². The first-order chi connectivity index (χ1) is 28.0. The van der Waals surface area contributed by atoms with Crippen molar-refractivity contribution in [3.8, 4) is 0 Å². The monoisotopic (exact) mass is 804 g/mol. The summed E-state index contributed by atoms with van der Waals surface area (Å²) in [5.74, 6) is -0.111. The number of hydrogen-bond donors (Lipinski definition) is 3. The SMILES string of the molecule is CCCCCCCCCCCCCC/C=C/C(O)C(CO)NC(=O)CCCCC/C=C\CCCCCCCCOC(=O)CCCCCCCCCCCCCCC. The Labute approximate surface area is 354 Å². The zero-order chi connectivity index (χ0) is 41.5. The maximum atomic E-state index is 12.4. The number of unbranched alkanes of at least 4 members (excludes halogenated alkanes) is 33. The van der Waals surface area contributed by atoms with Crippen LogP contribution in [0.3, 0.4) is 0 Å². The van der Waals surface area contributed by atoms with Gasteiger partial charge in [0.05, 0.1) is 25.4 Å². The van der Waals surface area contributed by atoms with E-state index in [1.165, 1.54) is 167 Å². The number of carbonyl (C=O) groups is 2. The maximum absolute atomic E-state index is 12.4. The van der Waals surface area contributed by atoms with E-state index >= 15 is 0 Å². The fraction of sp³-hybridized carbons (Fsp3) is 0.882. The first-order valence-electron chi connectivity index (χ1n) is 25.1. The van der Waals surface area contributed by atoms with Crippen molar-refractivity contribution < 1.29 is 24.5 Å². The molecule has 6 heteroatoms. The van der Waals surface area contributed by atoms with Crippen molar-refractivity contribution >= 4 is 11.9 Å². The largest absolute Gasteiger partial charge is 0.466 e. The van der Waals surface area contributed by atoms with Crippen LogP contribution in [0.5, 0.6) is 0 Å². The van der Waals surface area contributed by atoms with Gasteiger partial charge >= 0.3 is 5.97 Å². The Morgan fingerprint density at radius 3 is 1.26 bits per heavy atom. The predicted octanol–water partition coefficient (Wildman–Crippen LogP) is 14.7. The molecule has 0 aliphatic carbocycles. The molecule has 0 saturated heterocycles. The van der Waals surface area contributed by atoms with Crippen LogP contribution in [-0.4, -0.2) is 47.4 Å². The number of rotatable bonds is 46. The summed E-state index contributed by atoms with van der Waals surface area (Å²) in [6.07, 6.45) is 54.6. The predicted molar refractivity (Wildman–Crippen MR) is 246 cm³/mol. The van der Waals surface area contributed by atoms with E-state index in [0.717, 1.165) is 70.6 Å². The summed E-state index contributed by atoms with van der Waals surface area (Å²) in [4.78, 5) is 24.4. The fourth-order valence-corrected chi connectivity index (χ4v) is 7.57. The van der Waals surface area contributed by atoms with Gasteiger partial charge in [0.15, 0.2) is 0 Å². The molecule has 0 aromatic heterocycles. The highest BCUT2D eigenvalue weighted by atomic mass is 16.5. The molecule has 1 amide bonds. The number of esters is 1. The van der Waals surface area contributed by atoms with E-state index in [-0.39, 0.29) is 18.5 Å². The van der Waals surface area contributed by atoms with Crippen LogP contribution in [0.2, 0.25) is 0 Å². The lowest BCUT2D eigenvalue weighted by atomic mass is 10.0. The fourth-order valence-electron chi connectivity index (χ4n) is 7.57. The van der Waals surface area contributed by atoms with Crippen molar-refractivity contribution in [1.82, 2.24) is 5.32 Å². The molecule has 0 spiro atoms. The van der Waals surface area contributed by atoms with Crippen LogP contribution in [0, 0.1) is 0 Å². The summed E-state index contributed by atoms with van der Waals surface area (Å²) in [6.45, 7) is 4.85. The molecule has 0 bridgehead atoms. The summed E-state index contributed by atoms with van der Waals surface area (Å²) in [7, 11) is 0. The zero-order valence-corrected chi connectivity index (χ0v) is 38.1. The quantitative estimate of drug-likeness (QED) is 0.0324. The van der Waals surface area contributed by atoms with Crippen molar-refractivity contribution in [2.24, 2.45) is 0 Å². The van der Waals surface area contributed by atoms with Gasteiger partial charge in [-0.25, -0.2) is 0 Å². The van der Waals surface area contributed by atoms with Gasteiger partial charge in [-0.1, -0.05) is 218 Å². The molecule has 0 radical (unpaired) electrons. The van der Waals surface area contributed by atoms with Gasteiger partial charge in [0.25, 0.3) is 0 Å². The molecule has 0 aromatic carbocycles. The van der Waals surface area contributed by atoms with Crippen LogP contribution in [0.25, 0.3) is 0 Å². The van der Waals surface area contributed by atoms with Gasteiger partial charge < -0.3 is 20.3 Å². The number of hydrogen-bond acceptors (Lipinski definition) is 5. The summed E-state index contributed by atoms with van der Waals surface area (Å²) in [5.41, 5.74) is 0. The number of ether oxygens (including phenoxy) is 1. The summed E-state index contributed by atoms with van der Waals surface area (Å²) >= 11 is 0. The zero-order valence-electron chi connectivity index (χ0n) is 38.1. The Morgan fingerprint density at radius 1 is 0.474 bits per heavy atom. The van der Waals surface area contributed by atoms with E-state index in [1.807, 2.05) is 6.08 Å². The lowest BCUT2D eigenvalue weighted by Gasteiger charge is -2.19. The standard InChI is InChI=1S/C51H97NO5/c1-3-5-7-9-11-13-15-17-20-23-27-31-35-39-43-49(54)48(47-53)52-50(55)44-40-36-32-28-24-21-18-22-26-30-34-38-42-46-57-51(56)45-41-37-33-29-25-19-16-14-12-10-8-6-4-2/h21,24,39,43,48-49,53-54H,3-20,22-23,25-38,40-42,44-47H2,1-2H3,(H,52,55)/b24-21-,43-39+. The van der Waals surface area contributed by atoms with Crippen LogP contribution in [0.1, 0.15) is 264 Å². The molecule has 2 atom stereocenters. The van der Waals surface area contributed by atoms with Gasteiger partial charge in [0.1, 0.15) is 0 Å². The van der Waals surface area contributed by atoms with E-state index in [0.29, 0.717) is 19.4 Å². The number of allylic oxidation sites excluding steroid dienone is 3. The van der Waals surface area contributed by atoms with E-state index in [2.05, 4.69) is 31.3 Å². The molecular formula is C51H97NO5. The molecule has 3 N–H and O–H groups in total. The number of amides is 1. The van der Waals surface area contributed by atoms with Crippen LogP contribution in [0.15, 0.2) is 24.3 Å². The molecule has 6 nitrogen and oxygen atoms in total. The highest BCUT2D eigenvalue weighted by Gasteiger charge is 2.18. The smallest absolute Gasteiger partial charge is 0.305 e. The summed E-state index contributed by atoms with van der Waals surface area (Å²) < 4.78 is 5.45. The third kappa shape index (κ3) is 43.7. The number of nitrogens with one attached hydrogen (secondary N) is 1. The maximum Gasteiger partial charge on any atom is 0.305 e. The summed E-state index contributed by atoms with van der Waals surface area (Å²) in [6, 6.07) is -0.646. The van der Waals surface area contributed by atoms with Crippen molar-refractivity contribution in [3.05, 3.63) is 24.3 Å². The molecule has 0 fully saturated rings. The highest BCUT2D eigenvalue weighted by molar-refractivity contribution is 5.76. The van der Waals surface area contributed by atoms with Crippen LogP contribution >= 0.6 is 0 Å². The van der Waals surface area contributed by atoms with Crippen molar-refractivity contribution in [3.63, 3.8) is 0 Å². The van der Waals surface area contributed by atoms with E-state index < -0.39 is 12.1 Å². The van der Waals surface area contributed by atoms with Crippen LogP contribution in [-0.2, 0) is 14.3 Å². The van der Waals surface area contributed by atoms with Gasteiger partial charge in [-0.05, 0) is 57.8 Å². The molecule has 57 heavy (non-hydrogen) atoms. The molecule has 0 aliphatic rings. The minimum Gasteiger partial charge on any atom is -0.466 e. The number of aliphatic hydroxyl groups is 2.